The van der Waals surface area contributed by atoms with Crippen molar-refractivity contribution < 1.29 is 9.84 Å². The van der Waals surface area contributed by atoms with Crippen LogP contribution in [0.15, 0.2) is 24.3 Å². The summed E-state index contributed by atoms with van der Waals surface area (Å²) < 4.78 is 5.56. The monoisotopic (exact) mass is 179 g/mol. The number of hydrogen-bond donors (Lipinski definition) is 2. The Balaban J connectivity index is 1.91. The first-order valence-electron chi connectivity index (χ1n) is 4.44. The van der Waals surface area contributed by atoms with E-state index in [1.807, 2.05) is 24.3 Å². The van der Waals surface area contributed by atoms with Crippen molar-refractivity contribution in [2.75, 3.05) is 5.73 Å². The number of hydrogen-bond acceptors (Lipinski definition) is 3. The highest BCUT2D eigenvalue weighted by molar-refractivity contribution is 5.41. The molecule has 0 unspecified atom stereocenters. The van der Waals surface area contributed by atoms with Crippen LogP contribution in [0.4, 0.5) is 5.69 Å². The first kappa shape index (κ1) is 8.38. The van der Waals surface area contributed by atoms with Crippen molar-refractivity contribution in [2.45, 2.75) is 25.0 Å². The van der Waals surface area contributed by atoms with E-state index in [9.17, 15) is 0 Å². The molecule has 1 aliphatic carbocycles. The molecular formula is C10H13NO2. The van der Waals surface area contributed by atoms with Crippen LogP contribution in [0.3, 0.4) is 0 Å². The first-order valence-corrected chi connectivity index (χ1v) is 4.44. The van der Waals surface area contributed by atoms with E-state index in [1.54, 1.807) is 0 Å². The van der Waals surface area contributed by atoms with Gasteiger partial charge in [-0.25, -0.2) is 0 Å². The van der Waals surface area contributed by atoms with Crippen molar-refractivity contribution in [3.63, 3.8) is 0 Å². The molecule has 0 radical (unpaired) electrons. The molecule has 1 aromatic rings. The molecule has 1 aliphatic rings. The molecule has 3 heteroatoms. The maximum absolute atomic E-state index is 9.04. The number of benzene rings is 1. The number of anilines is 1. The summed E-state index contributed by atoms with van der Waals surface area (Å²) in [6, 6.07) is 7.31. The summed E-state index contributed by atoms with van der Waals surface area (Å²) in [4.78, 5) is 0. The van der Waals surface area contributed by atoms with Gasteiger partial charge < -0.3 is 15.6 Å². The van der Waals surface area contributed by atoms with Gasteiger partial charge in [-0.3, -0.25) is 0 Å². The second kappa shape index (κ2) is 3.26. The van der Waals surface area contributed by atoms with Crippen molar-refractivity contribution in [2.24, 2.45) is 0 Å². The molecule has 1 fully saturated rings. The molecule has 0 spiro atoms. The summed E-state index contributed by atoms with van der Waals surface area (Å²) in [6.45, 7) is 0. The molecule has 0 aliphatic heterocycles. The van der Waals surface area contributed by atoms with E-state index in [1.165, 1.54) is 0 Å². The summed E-state index contributed by atoms with van der Waals surface area (Å²) in [5, 5.41) is 9.04. The minimum atomic E-state index is -0.168. The number of ether oxygens (including phenoxy) is 1. The van der Waals surface area contributed by atoms with E-state index < -0.39 is 0 Å². The van der Waals surface area contributed by atoms with Gasteiger partial charge in [0.15, 0.2) is 0 Å². The zero-order chi connectivity index (χ0) is 9.26. The third kappa shape index (κ3) is 1.92. The van der Waals surface area contributed by atoms with Crippen LogP contribution in [-0.4, -0.2) is 17.3 Å². The molecule has 0 heterocycles. The molecule has 1 aromatic carbocycles. The quantitative estimate of drug-likeness (QED) is 0.670. The lowest BCUT2D eigenvalue weighted by molar-refractivity contribution is -0.0107. The maximum Gasteiger partial charge on any atom is 0.119 e. The predicted molar refractivity (Wildman–Crippen MR) is 50.5 cm³/mol. The number of rotatable bonds is 2. The van der Waals surface area contributed by atoms with E-state index in [-0.39, 0.29) is 12.2 Å². The van der Waals surface area contributed by atoms with E-state index in [4.69, 9.17) is 15.6 Å². The zero-order valence-corrected chi connectivity index (χ0v) is 7.31. The Labute approximate surface area is 77.1 Å². The van der Waals surface area contributed by atoms with Crippen LogP contribution in [0.5, 0.6) is 5.75 Å². The molecule has 70 valence electrons. The summed E-state index contributed by atoms with van der Waals surface area (Å²) in [6.07, 6.45) is 1.49. The minimum absolute atomic E-state index is 0.168. The van der Waals surface area contributed by atoms with Crippen LogP contribution >= 0.6 is 0 Å². The molecule has 3 N–H and O–H groups in total. The molecule has 2 rings (SSSR count). The highest BCUT2D eigenvalue weighted by Crippen LogP contribution is 2.25. The molecular weight excluding hydrogens is 166 g/mol. The highest BCUT2D eigenvalue weighted by Gasteiger charge is 2.28. The van der Waals surface area contributed by atoms with E-state index in [0.717, 1.165) is 24.3 Å². The molecule has 0 aromatic heterocycles. The van der Waals surface area contributed by atoms with Gasteiger partial charge in [-0.1, -0.05) is 0 Å². The smallest absolute Gasteiger partial charge is 0.119 e. The average Bonchev–Trinajstić information content (AvgIpc) is 2.06. The van der Waals surface area contributed by atoms with Gasteiger partial charge in [0.05, 0.1) is 6.10 Å². The van der Waals surface area contributed by atoms with Gasteiger partial charge in [0.1, 0.15) is 11.9 Å². The lowest BCUT2D eigenvalue weighted by Crippen LogP contribution is -2.37. The highest BCUT2D eigenvalue weighted by atomic mass is 16.5. The van der Waals surface area contributed by atoms with Gasteiger partial charge in [-0.2, -0.15) is 0 Å². The number of nitrogens with two attached hydrogens (primary N) is 1. The summed E-state index contributed by atoms with van der Waals surface area (Å²) in [5.41, 5.74) is 6.27. The van der Waals surface area contributed by atoms with Crippen molar-refractivity contribution in [1.29, 1.82) is 0 Å². The largest absolute Gasteiger partial charge is 0.490 e. The summed E-state index contributed by atoms with van der Waals surface area (Å²) >= 11 is 0. The van der Waals surface area contributed by atoms with Crippen molar-refractivity contribution in [3.8, 4) is 5.75 Å². The lowest BCUT2D eigenvalue weighted by atomic mass is 9.92. The topological polar surface area (TPSA) is 55.5 Å². The van der Waals surface area contributed by atoms with Crippen LogP contribution < -0.4 is 10.5 Å². The van der Waals surface area contributed by atoms with E-state index in [0.29, 0.717) is 0 Å². The first-order chi connectivity index (χ1) is 6.24. The molecule has 1 saturated carbocycles. The second-order valence-corrected chi connectivity index (χ2v) is 3.43. The fraction of sp³-hybridized carbons (Fsp3) is 0.400. The SMILES string of the molecule is Nc1ccc(OC2CC(O)C2)cc1. The molecule has 0 amide bonds. The van der Waals surface area contributed by atoms with Crippen LogP contribution in [0.25, 0.3) is 0 Å². The third-order valence-corrected chi connectivity index (χ3v) is 2.25. The maximum atomic E-state index is 9.04. The standard InChI is InChI=1S/C10H13NO2/c11-7-1-3-9(4-2-7)13-10-5-8(12)6-10/h1-4,8,10,12H,5-6,11H2. The van der Waals surface area contributed by atoms with Crippen molar-refractivity contribution >= 4 is 5.69 Å². The fourth-order valence-corrected chi connectivity index (χ4v) is 1.37. The van der Waals surface area contributed by atoms with Crippen LogP contribution in [-0.2, 0) is 0 Å². The third-order valence-electron chi connectivity index (χ3n) is 2.25. The Morgan fingerprint density at radius 1 is 1.23 bits per heavy atom. The van der Waals surface area contributed by atoms with E-state index >= 15 is 0 Å². The average molecular weight is 179 g/mol. The summed E-state index contributed by atoms with van der Waals surface area (Å²) in [7, 11) is 0. The van der Waals surface area contributed by atoms with Gasteiger partial charge in [-0.05, 0) is 24.3 Å². The van der Waals surface area contributed by atoms with Crippen LogP contribution in [0.2, 0.25) is 0 Å². The van der Waals surface area contributed by atoms with Crippen LogP contribution in [0, 0.1) is 0 Å². The van der Waals surface area contributed by atoms with Gasteiger partial charge in [0, 0.05) is 18.5 Å². The normalized spacial score (nSPS) is 26.5. The number of aliphatic hydroxyl groups is 1. The Morgan fingerprint density at radius 2 is 1.85 bits per heavy atom. The Bertz CT molecular complexity index is 277. The molecule has 0 saturated heterocycles. The van der Waals surface area contributed by atoms with Crippen LogP contribution in [0.1, 0.15) is 12.8 Å². The Hall–Kier alpha value is -1.22. The molecule has 0 bridgehead atoms. The molecule has 13 heavy (non-hydrogen) atoms. The van der Waals surface area contributed by atoms with Gasteiger partial charge >= 0.3 is 0 Å². The predicted octanol–water partition coefficient (Wildman–Crippen LogP) is 1.17. The van der Waals surface area contributed by atoms with Gasteiger partial charge in [0.2, 0.25) is 0 Å². The van der Waals surface area contributed by atoms with Gasteiger partial charge in [0.25, 0.3) is 0 Å². The van der Waals surface area contributed by atoms with E-state index in [2.05, 4.69) is 0 Å². The lowest BCUT2D eigenvalue weighted by Gasteiger charge is -2.31. The van der Waals surface area contributed by atoms with Gasteiger partial charge in [-0.15, -0.1) is 0 Å². The second-order valence-electron chi connectivity index (χ2n) is 3.43. The molecule has 0 atom stereocenters. The Morgan fingerprint density at radius 3 is 2.38 bits per heavy atom. The van der Waals surface area contributed by atoms with Crippen molar-refractivity contribution in [1.82, 2.24) is 0 Å². The number of aliphatic hydroxyl groups excluding tert-OH is 1. The molecule has 3 nitrogen and oxygen atoms in total. The fourth-order valence-electron chi connectivity index (χ4n) is 1.37. The zero-order valence-electron chi connectivity index (χ0n) is 7.31. The Kier molecular flexibility index (Phi) is 2.10. The van der Waals surface area contributed by atoms with Crippen molar-refractivity contribution in [3.05, 3.63) is 24.3 Å². The summed E-state index contributed by atoms with van der Waals surface area (Å²) in [5.74, 6) is 0.825. The number of nitrogen functional groups attached to an aromatic ring is 1. The minimum Gasteiger partial charge on any atom is -0.490 e.